The Morgan fingerprint density at radius 2 is 1.68 bits per heavy atom. The number of nitrogens with zero attached hydrogens (tertiary/aromatic N) is 1. The van der Waals surface area contributed by atoms with Crippen LogP contribution in [0.3, 0.4) is 0 Å². The Kier molecular flexibility index (Phi) is 7.99. The van der Waals surface area contributed by atoms with Crippen LogP contribution in [0.2, 0.25) is 0 Å². The second-order valence-corrected chi connectivity index (χ2v) is 12.3. The van der Waals surface area contributed by atoms with Gasteiger partial charge in [-0.3, -0.25) is 14.4 Å². The topological polar surface area (TPSA) is 117 Å². The second kappa shape index (κ2) is 11.4. The Morgan fingerprint density at radius 3 is 2.32 bits per heavy atom. The van der Waals surface area contributed by atoms with E-state index in [9.17, 15) is 19.6 Å². The van der Waals surface area contributed by atoms with Gasteiger partial charge in [-0.25, -0.2) is 0 Å². The number of hydrogen-bond donors (Lipinski definition) is 3. The lowest BCUT2D eigenvalue weighted by Gasteiger charge is -2.48. The van der Waals surface area contributed by atoms with Gasteiger partial charge in [0.15, 0.2) is 0 Å². The molecule has 3 fully saturated rings. The van der Waals surface area contributed by atoms with Crippen molar-refractivity contribution in [2.24, 2.45) is 17.0 Å². The number of benzene rings is 2. The molecule has 38 heavy (non-hydrogen) atoms. The average Bonchev–Trinajstić information content (AvgIpc) is 3.50. The number of carbonyl (C=O) groups is 3. The highest BCUT2D eigenvalue weighted by atomic mass is 32.2. The van der Waals surface area contributed by atoms with Gasteiger partial charge >= 0.3 is 5.97 Å². The minimum Gasteiger partial charge on any atom is -0.469 e. The number of rotatable bonds is 8. The Morgan fingerprint density at radius 1 is 1.03 bits per heavy atom. The number of fused-ring (bicyclic) bond motifs is 4. The lowest BCUT2D eigenvalue weighted by molar-refractivity contribution is -0.140. The molecule has 2 aromatic carbocycles. The molecule has 1 saturated carbocycles. The fraction of sp³-hybridized carbons (Fsp3) is 0.429. The first-order chi connectivity index (χ1) is 18.5. The van der Waals surface area contributed by atoms with Crippen LogP contribution < -0.4 is 10.6 Å². The van der Waals surface area contributed by atoms with Gasteiger partial charge in [-0.15, -0.1) is 11.8 Å². The van der Waals surface area contributed by atoms with E-state index in [1.54, 1.807) is 47.8 Å². The maximum atomic E-state index is 13.5. The Hall–Kier alpha value is -2.98. The maximum Gasteiger partial charge on any atom is 0.305 e. The largest absolute Gasteiger partial charge is 0.469 e. The van der Waals surface area contributed by atoms with Crippen molar-refractivity contribution in [3.05, 3.63) is 71.8 Å². The van der Waals surface area contributed by atoms with Gasteiger partial charge in [-0.05, 0) is 43.0 Å². The van der Waals surface area contributed by atoms with Crippen LogP contribution in [0.25, 0.3) is 0 Å². The summed E-state index contributed by atoms with van der Waals surface area (Å²) in [5.41, 5.74) is 0.750. The SMILES string of the molecule is COC(=O)CCC[C@H]1[C@H]2SC[C@H](NC(=O)c3ccccc3)[C@H]2[C@@]2(NC(=O)c3ccccc3)CS[C@H]1/C2=N/O. The number of nitrogens with one attached hydrogen (secondary N) is 2. The zero-order valence-corrected chi connectivity index (χ0v) is 22.7. The Labute approximate surface area is 230 Å². The molecule has 2 saturated heterocycles. The molecule has 2 heterocycles. The predicted octanol–water partition coefficient (Wildman–Crippen LogP) is 3.60. The standard InChI is InChI=1S/C28H31N3O5S2/c1-36-21(32)14-8-13-19-23-22(20(15-37-23)29-26(33)17-9-4-2-5-10-17)28(16-38-24(19)25(28)31-35)30-27(34)18-11-6-3-7-12-18/h2-7,9-12,19-20,22-24,35H,8,13-16H2,1H3,(H,29,33)(H,30,34)/b31-25-/t19-,20-,22+,23+,24+,28-/m0/s1. The van der Waals surface area contributed by atoms with Crippen LogP contribution in [0, 0.1) is 11.8 Å². The quantitative estimate of drug-likeness (QED) is 0.260. The molecule has 0 radical (unpaired) electrons. The number of hydrogen-bond acceptors (Lipinski definition) is 8. The van der Waals surface area contributed by atoms with Gasteiger partial charge in [0, 0.05) is 46.3 Å². The van der Waals surface area contributed by atoms with E-state index in [-0.39, 0.29) is 46.2 Å². The molecule has 1 aliphatic carbocycles. The molecule has 10 heteroatoms. The predicted molar refractivity (Wildman–Crippen MR) is 149 cm³/mol. The number of esters is 1. The van der Waals surface area contributed by atoms with Crippen molar-refractivity contribution >= 4 is 47.0 Å². The number of carbonyl (C=O) groups excluding carboxylic acids is 3. The molecule has 2 amide bonds. The van der Waals surface area contributed by atoms with E-state index >= 15 is 0 Å². The van der Waals surface area contributed by atoms with Crippen LogP contribution in [-0.2, 0) is 9.53 Å². The Balaban J connectivity index is 1.47. The summed E-state index contributed by atoms with van der Waals surface area (Å²) in [5.74, 6) is 0.508. The second-order valence-electron chi connectivity index (χ2n) is 9.91. The first kappa shape index (κ1) is 26.6. The maximum absolute atomic E-state index is 13.5. The summed E-state index contributed by atoms with van der Waals surface area (Å²) in [5, 5.41) is 20.6. The van der Waals surface area contributed by atoms with E-state index in [0.29, 0.717) is 41.2 Å². The number of amides is 2. The van der Waals surface area contributed by atoms with Gasteiger partial charge < -0.3 is 20.6 Å². The summed E-state index contributed by atoms with van der Waals surface area (Å²) >= 11 is 3.47. The molecule has 5 rings (SSSR count). The Bertz CT molecular complexity index is 1210. The number of thioether (sulfide) groups is 2. The number of oxime groups is 1. The molecule has 2 aromatic rings. The molecular weight excluding hydrogens is 522 g/mol. The molecule has 3 aliphatic rings. The molecular formula is C28H31N3O5S2. The van der Waals surface area contributed by atoms with Crippen molar-refractivity contribution in [1.29, 1.82) is 0 Å². The molecule has 0 unspecified atom stereocenters. The molecule has 0 aromatic heterocycles. The molecule has 2 aliphatic heterocycles. The molecule has 200 valence electrons. The lowest BCUT2D eigenvalue weighted by Crippen LogP contribution is -2.69. The van der Waals surface area contributed by atoms with E-state index in [0.717, 1.165) is 6.42 Å². The molecule has 6 atom stereocenters. The summed E-state index contributed by atoms with van der Waals surface area (Å²) in [6.45, 7) is 0. The van der Waals surface area contributed by atoms with Gasteiger partial charge in [0.25, 0.3) is 11.8 Å². The van der Waals surface area contributed by atoms with Gasteiger partial charge in [0.2, 0.25) is 0 Å². The van der Waals surface area contributed by atoms with E-state index in [4.69, 9.17) is 4.74 Å². The lowest BCUT2D eigenvalue weighted by atomic mass is 9.64. The van der Waals surface area contributed by atoms with Gasteiger partial charge in [0.05, 0.1) is 23.6 Å². The fourth-order valence-corrected chi connectivity index (χ4v) is 9.94. The first-order valence-electron chi connectivity index (χ1n) is 12.7. The van der Waals surface area contributed by atoms with Crippen LogP contribution in [-0.4, -0.2) is 69.4 Å². The third-order valence-corrected chi connectivity index (χ3v) is 11.0. The van der Waals surface area contributed by atoms with Crippen LogP contribution in [0.4, 0.5) is 0 Å². The van der Waals surface area contributed by atoms with Crippen LogP contribution in [0.5, 0.6) is 0 Å². The van der Waals surface area contributed by atoms with Crippen LogP contribution in [0.15, 0.2) is 65.8 Å². The van der Waals surface area contributed by atoms with Gasteiger partial charge in [-0.1, -0.05) is 41.6 Å². The fourth-order valence-electron chi connectivity index (χ4n) is 6.12. The van der Waals surface area contributed by atoms with Crippen LogP contribution >= 0.6 is 23.5 Å². The average molecular weight is 554 g/mol. The zero-order valence-electron chi connectivity index (χ0n) is 21.0. The van der Waals surface area contributed by atoms with Crippen molar-refractivity contribution in [1.82, 2.24) is 10.6 Å². The number of ether oxygens (including phenoxy) is 1. The van der Waals surface area contributed by atoms with Crippen molar-refractivity contribution in [3.63, 3.8) is 0 Å². The third-order valence-electron chi connectivity index (χ3n) is 7.83. The third kappa shape index (κ3) is 4.91. The molecule has 3 N–H and O–H groups in total. The smallest absolute Gasteiger partial charge is 0.305 e. The highest BCUT2D eigenvalue weighted by molar-refractivity contribution is 8.02. The van der Waals surface area contributed by atoms with Crippen molar-refractivity contribution in [2.45, 2.75) is 41.3 Å². The normalized spacial score (nSPS) is 30.4. The van der Waals surface area contributed by atoms with Gasteiger partial charge in [0.1, 0.15) is 0 Å². The zero-order chi connectivity index (χ0) is 26.7. The summed E-state index contributed by atoms with van der Waals surface area (Å²) in [6.07, 6.45) is 1.73. The highest BCUT2D eigenvalue weighted by Gasteiger charge is 2.66. The summed E-state index contributed by atoms with van der Waals surface area (Å²) < 4.78 is 4.83. The minimum atomic E-state index is -0.904. The molecule has 8 nitrogen and oxygen atoms in total. The van der Waals surface area contributed by atoms with Crippen LogP contribution in [0.1, 0.15) is 40.0 Å². The van der Waals surface area contributed by atoms with Gasteiger partial charge in [-0.2, -0.15) is 11.8 Å². The van der Waals surface area contributed by atoms with Crippen molar-refractivity contribution < 1.29 is 24.3 Å². The van der Waals surface area contributed by atoms with E-state index in [2.05, 4.69) is 15.8 Å². The van der Waals surface area contributed by atoms with Crippen molar-refractivity contribution in [3.8, 4) is 0 Å². The molecule has 0 spiro atoms. The molecule has 2 bridgehead atoms. The first-order valence-corrected chi connectivity index (χ1v) is 14.8. The summed E-state index contributed by atoms with van der Waals surface area (Å²) in [4.78, 5) is 38.4. The van der Waals surface area contributed by atoms with E-state index < -0.39 is 5.54 Å². The number of methoxy groups -OCH3 is 1. The van der Waals surface area contributed by atoms with E-state index in [1.807, 2.05) is 36.4 Å². The summed E-state index contributed by atoms with van der Waals surface area (Å²) in [7, 11) is 1.39. The highest BCUT2D eigenvalue weighted by Crippen LogP contribution is 2.57. The van der Waals surface area contributed by atoms with Crippen molar-refractivity contribution in [2.75, 3.05) is 18.6 Å². The minimum absolute atomic E-state index is 0.0916. The monoisotopic (exact) mass is 553 g/mol. The van der Waals surface area contributed by atoms with E-state index in [1.165, 1.54) is 7.11 Å². The summed E-state index contributed by atoms with van der Waals surface area (Å²) in [6, 6.07) is 17.8.